The van der Waals surface area contributed by atoms with Crippen molar-refractivity contribution in [3.8, 4) is 0 Å². The lowest BCUT2D eigenvalue weighted by Gasteiger charge is -2.17. The molecule has 0 aliphatic rings. The molecule has 0 saturated carbocycles. The normalized spacial score (nSPS) is 12.1. The molecule has 0 aliphatic heterocycles. The molecule has 8 heteroatoms. The average molecular weight is 308 g/mol. The van der Waals surface area contributed by atoms with Gasteiger partial charge in [-0.05, 0) is 30.5 Å². The Bertz CT molecular complexity index is 517. The standard InChI is InChI=1S/C12H18F2N2O3S/c1-16(5-2-6-17)20(18,19)15-4-3-10-7-11(13)9-12(14)8-10/h7-9,15,17H,2-6H2,1H3. The van der Waals surface area contributed by atoms with Gasteiger partial charge in [0.25, 0.3) is 10.2 Å². The summed E-state index contributed by atoms with van der Waals surface area (Å²) in [4.78, 5) is 0. The first-order chi connectivity index (χ1) is 9.35. The lowest BCUT2D eigenvalue weighted by molar-refractivity contribution is 0.275. The second-order valence-electron chi connectivity index (χ2n) is 4.33. The van der Waals surface area contributed by atoms with Crippen LogP contribution in [-0.2, 0) is 16.6 Å². The molecule has 20 heavy (non-hydrogen) atoms. The van der Waals surface area contributed by atoms with Crippen molar-refractivity contribution in [3.63, 3.8) is 0 Å². The Kier molecular flexibility index (Phi) is 6.47. The van der Waals surface area contributed by atoms with Crippen molar-refractivity contribution in [1.82, 2.24) is 9.03 Å². The predicted octanol–water partition coefficient (Wildman–Crippen LogP) is 0.656. The topological polar surface area (TPSA) is 69.6 Å². The predicted molar refractivity (Wildman–Crippen MR) is 71.3 cm³/mol. The van der Waals surface area contributed by atoms with E-state index in [0.717, 1.165) is 22.5 Å². The van der Waals surface area contributed by atoms with E-state index in [1.54, 1.807) is 0 Å². The van der Waals surface area contributed by atoms with Crippen LogP contribution >= 0.6 is 0 Å². The minimum absolute atomic E-state index is 0.0364. The first kappa shape index (κ1) is 17.0. The van der Waals surface area contributed by atoms with Crippen LogP contribution in [0, 0.1) is 11.6 Å². The quantitative estimate of drug-likeness (QED) is 0.741. The van der Waals surface area contributed by atoms with E-state index in [2.05, 4.69) is 4.72 Å². The van der Waals surface area contributed by atoms with Crippen molar-refractivity contribution in [2.75, 3.05) is 26.7 Å². The van der Waals surface area contributed by atoms with Gasteiger partial charge in [0.1, 0.15) is 11.6 Å². The van der Waals surface area contributed by atoms with Gasteiger partial charge in [-0.2, -0.15) is 12.7 Å². The SMILES string of the molecule is CN(CCCO)S(=O)(=O)NCCc1cc(F)cc(F)c1. The van der Waals surface area contributed by atoms with E-state index in [1.807, 2.05) is 0 Å². The Hall–Kier alpha value is -1.09. The van der Waals surface area contributed by atoms with Gasteiger partial charge in [0.15, 0.2) is 0 Å². The van der Waals surface area contributed by atoms with E-state index in [9.17, 15) is 17.2 Å². The highest BCUT2D eigenvalue weighted by Gasteiger charge is 2.16. The molecule has 1 aromatic rings. The van der Waals surface area contributed by atoms with Gasteiger partial charge in [-0.25, -0.2) is 13.5 Å². The summed E-state index contributed by atoms with van der Waals surface area (Å²) in [5.74, 6) is -1.38. The number of aliphatic hydroxyl groups excluding tert-OH is 1. The van der Waals surface area contributed by atoms with Crippen molar-refractivity contribution in [1.29, 1.82) is 0 Å². The summed E-state index contributed by atoms with van der Waals surface area (Å²) in [6.07, 6.45) is 0.522. The summed E-state index contributed by atoms with van der Waals surface area (Å²) in [6.45, 7) is 0.136. The second kappa shape index (κ2) is 7.63. The smallest absolute Gasteiger partial charge is 0.279 e. The van der Waals surface area contributed by atoms with E-state index in [-0.39, 0.29) is 26.1 Å². The summed E-state index contributed by atoms with van der Waals surface area (Å²) in [6, 6.07) is 3.08. The number of nitrogens with one attached hydrogen (secondary N) is 1. The van der Waals surface area contributed by atoms with Crippen molar-refractivity contribution >= 4 is 10.2 Å². The van der Waals surface area contributed by atoms with Gasteiger partial charge in [0.05, 0.1) is 0 Å². The number of benzene rings is 1. The molecule has 0 fully saturated rings. The molecule has 114 valence electrons. The first-order valence-corrected chi connectivity index (χ1v) is 7.56. The maximum absolute atomic E-state index is 12.9. The van der Waals surface area contributed by atoms with E-state index >= 15 is 0 Å². The zero-order chi connectivity index (χ0) is 15.2. The zero-order valence-electron chi connectivity index (χ0n) is 11.1. The van der Waals surface area contributed by atoms with E-state index in [0.29, 0.717) is 12.0 Å². The summed E-state index contributed by atoms with van der Waals surface area (Å²) in [5, 5.41) is 8.64. The molecule has 0 heterocycles. The highest BCUT2D eigenvalue weighted by molar-refractivity contribution is 7.87. The lowest BCUT2D eigenvalue weighted by Crippen LogP contribution is -2.39. The molecule has 0 spiro atoms. The van der Waals surface area contributed by atoms with E-state index in [4.69, 9.17) is 5.11 Å². The maximum atomic E-state index is 12.9. The third-order valence-corrected chi connectivity index (χ3v) is 4.23. The van der Waals surface area contributed by atoms with Crippen LogP contribution in [-0.4, -0.2) is 44.6 Å². The Balaban J connectivity index is 2.50. The van der Waals surface area contributed by atoms with Crippen LogP contribution in [0.5, 0.6) is 0 Å². The first-order valence-electron chi connectivity index (χ1n) is 6.12. The highest BCUT2D eigenvalue weighted by atomic mass is 32.2. The summed E-state index contributed by atoms with van der Waals surface area (Å²) in [7, 11) is -2.25. The van der Waals surface area contributed by atoms with Crippen molar-refractivity contribution in [2.45, 2.75) is 12.8 Å². The number of hydrogen-bond acceptors (Lipinski definition) is 3. The van der Waals surface area contributed by atoms with Gasteiger partial charge < -0.3 is 5.11 Å². The summed E-state index contributed by atoms with van der Waals surface area (Å²) < 4.78 is 52.8. The van der Waals surface area contributed by atoms with E-state index in [1.165, 1.54) is 7.05 Å². The molecule has 0 aliphatic carbocycles. The molecule has 1 rings (SSSR count). The molecule has 0 unspecified atom stereocenters. The van der Waals surface area contributed by atoms with Crippen LogP contribution in [0.4, 0.5) is 8.78 Å². The molecule has 2 N–H and O–H groups in total. The highest BCUT2D eigenvalue weighted by Crippen LogP contribution is 2.08. The number of nitrogens with zero attached hydrogens (tertiary/aromatic N) is 1. The fraction of sp³-hybridized carbons (Fsp3) is 0.500. The molecule has 0 amide bonds. The molecule has 0 radical (unpaired) electrons. The summed E-state index contributed by atoms with van der Waals surface area (Å²) in [5.41, 5.74) is 0.378. The fourth-order valence-electron chi connectivity index (χ4n) is 1.60. The molecule has 0 bridgehead atoms. The van der Waals surface area contributed by atoms with Crippen LogP contribution in [0.2, 0.25) is 0 Å². The minimum Gasteiger partial charge on any atom is -0.396 e. The third kappa shape index (κ3) is 5.49. The molecule has 5 nitrogen and oxygen atoms in total. The molecule has 0 atom stereocenters. The minimum atomic E-state index is -3.64. The van der Waals surface area contributed by atoms with Crippen LogP contribution < -0.4 is 4.72 Å². The number of rotatable bonds is 8. The molecule has 0 aromatic heterocycles. The lowest BCUT2D eigenvalue weighted by atomic mass is 10.1. The van der Waals surface area contributed by atoms with E-state index < -0.39 is 21.8 Å². The van der Waals surface area contributed by atoms with Crippen LogP contribution in [0.25, 0.3) is 0 Å². The van der Waals surface area contributed by atoms with Gasteiger partial charge in [-0.3, -0.25) is 0 Å². The van der Waals surface area contributed by atoms with Crippen LogP contribution in [0.15, 0.2) is 18.2 Å². The third-order valence-electron chi connectivity index (χ3n) is 2.66. The Morgan fingerprint density at radius 3 is 2.40 bits per heavy atom. The fourth-order valence-corrected chi connectivity index (χ4v) is 2.55. The second-order valence-corrected chi connectivity index (χ2v) is 6.19. The molecule has 1 aromatic carbocycles. The number of aliphatic hydroxyl groups is 1. The Morgan fingerprint density at radius 1 is 1.25 bits per heavy atom. The molecular formula is C12H18F2N2O3S. The number of halogens is 2. The Labute approximate surface area is 117 Å². The van der Waals surface area contributed by atoms with Gasteiger partial charge in [0.2, 0.25) is 0 Å². The van der Waals surface area contributed by atoms with Crippen LogP contribution in [0.3, 0.4) is 0 Å². The molecule has 0 saturated heterocycles. The molecular weight excluding hydrogens is 290 g/mol. The van der Waals surface area contributed by atoms with Crippen molar-refractivity contribution < 1.29 is 22.3 Å². The maximum Gasteiger partial charge on any atom is 0.279 e. The number of hydrogen-bond donors (Lipinski definition) is 2. The average Bonchev–Trinajstić information content (AvgIpc) is 2.34. The zero-order valence-corrected chi connectivity index (χ0v) is 12.0. The summed E-state index contributed by atoms with van der Waals surface area (Å²) >= 11 is 0. The monoisotopic (exact) mass is 308 g/mol. The largest absolute Gasteiger partial charge is 0.396 e. The van der Waals surface area contributed by atoms with Crippen molar-refractivity contribution in [3.05, 3.63) is 35.4 Å². The van der Waals surface area contributed by atoms with Gasteiger partial charge in [0, 0.05) is 32.8 Å². The Morgan fingerprint density at radius 2 is 1.85 bits per heavy atom. The van der Waals surface area contributed by atoms with Gasteiger partial charge in [-0.15, -0.1) is 0 Å². The van der Waals surface area contributed by atoms with Gasteiger partial charge >= 0.3 is 0 Å². The van der Waals surface area contributed by atoms with Crippen molar-refractivity contribution in [2.24, 2.45) is 0 Å². The van der Waals surface area contributed by atoms with Crippen LogP contribution in [0.1, 0.15) is 12.0 Å². The van der Waals surface area contributed by atoms with Gasteiger partial charge in [-0.1, -0.05) is 0 Å².